The molecule has 1 aromatic carbocycles. The van der Waals surface area contributed by atoms with Gasteiger partial charge in [0.05, 0.1) is 17.9 Å². The first-order chi connectivity index (χ1) is 10.9. The lowest BCUT2D eigenvalue weighted by Crippen LogP contribution is -2.41. The van der Waals surface area contributed by atoms with E-state index in [9.17, 15) is 18.0 Å². The first-order valence-corrected chi connectivity index (χ1v) is 8.34. The summed E-state index contributed by atoms with van der Waals surface area (Å²) in [5.74, 6) is -0.739. The van der Waals surface area contributed by atoms with Gasteiger partial charge < -0.3 is 9.73 Å². The molecular weight excluding hydrogens is 320 g/mol. The summed E-state index contributed by atoms with van der Waals surface area (Å²) in [5.41, 5.74) is 0.0828. The van der Waals surface area contributed by atoms with Crippen LogP contribution in [0.25, 0.3) is 0 Å². The van der Waals surface area contributed by atoms with Crippen molar-refractivity contribution in [2.24, 2.45) is 0 Å². The average Bonchev–Trinajstić information content (AvgIpc) is 3.11. The van der Waals surface area contributed by atoms with Crippen molar-refractivity contribution in [3.8, 4) is 0 Å². The lowest BCUT2D eigenvalue weighted by molar-refractivity contribution is -0.121. The Bertz CT molecular complexity index is 858. The normalized spacial score (nSPS) is 16.9. The quantitative estimate of drug-likeness (QED) is 0.909. The zero-order valence-electron chi connectivity index (χ0n) is 12.2. The van der Waals surface area contributed by atoms with Crippen LogP contribution in [0.3, 0.4) is 0 Å². The molecule has 0 saturated heterocycles. The molecule has 0 bridgehead atoms. The van der Waals surface area contributed by atoms with Gasteiger partial charge in [0.25, 0.3) is 15.9 Å². The van der Waals surface area contributed by atoms with Crippen LogP contribution in [0.15, 0.2) is 52.0 Å². The molecule has 3 rings (SSSR count). The van der Waals surface area contributed by atoms with Crippen molar-refractivity contribution in [2.45, 2.75) is 17.9 Å². The second-order valence-corrected chi connectivity index (χ2v) is 6.95. The van der Waals surface area contributed by atoms with E-state index in [1.807, 2.05) is 0 Å². The molecule has 0 spiro atoms. The smallest absolute Gasteiger partial charge is 0.269 e. The van der Waals surface area contributed by atoms with Crippen LogP contribution < -0.4 is 5.32 Å². The Kier molecular flexibility index (Phi) is 3.69. The average molecular weight is 334 g/mol. The number of benzene rings is 1. The van der Waals surface area contributed by atoms with Crippen LogP contribution in [0, 0.1) is 0 Å². The van der Waals surface area contributed by atoms with Crippen LogP contribution in [0.1, 0.15) is 29.1 Å². The van der Waals surface area contributed by atoms with Crippen molar-refractivity contribution < 1.29 is 22.4 Å². The van der Waals surface area contributed by atoms with Crippen LogP contribution in [-0.4, -0.2) is 31.1 Å². The van der Waals surface area contributed by atoms with Crippen molar-refractivity contribution in [1.29, 1.82) is 0 Å². The number of rotatable bonds is 4. The minimum atomic E-state index is -3.98. The van der Waals surface area contributed by atoms with Gasteiger partial charge in [-0.15, -0.1) is 0 Å². The highest BCUT2D eigenvalue weighted by Crippen LogP contribution is 2.29. The molecule has 2 aromatic rings. The molecule has 0 unspecified atom stereocenters. The number of nitrogens with zero attached hydrogens (tertiary/aromatic N) is 1. The van der Waals surface area contributed by atoms with E-state index in [4.69, 9.17) is 4.42 Å². The third-order valence-electron chi connectivity index (χ3n) is 3.55. The van der Waals surface area contributed by atoms with Crippen LogP contribution in [0.4, 0.5) is 0 Å². The number of hydrogen-bond donors (Lipinski definition) is 1. The molecule has 0 aliphatic carbocycles. The van der Waals surface area contributed by atoms with Gasteiger partial charge in [0.2, 0.25) is 5.91 Å². The number of carbonyl (C=O) groups is 2. The fourth-order valence-electron chi connectivity index (χ4n) is 2.41. The summed E-state index contributed by atoms with van der Waals surface area (Å²) in [6.45, 7) is 1.13. The fourth-order valence-corrected chi connectivity index (χ4v) is 3.94. The van der Waals surface area contributed by atoms with Gasteiger partial charge in [-0.2, -0.15) is 0 Å². The van der Waals surface area contributed by atoms with Crippen LogP contribution in [0.2, 0.25) is 0 Å². The molecule has 1 aliphatic rings. The minimum absolute atomic E-state index is 0.0723. The van der Waals surface area contributed by atoms with Gasteiger partial charge >= 0.3 is 0 Å². The van der Waals surface area contributed by atoms with E-state index in [1.54, 1.807) is 25.1 Å². The van der Waals surface area contributed by atoms with Gasteiger partial charge in [0.15, 0.2) is 0 Å². The number of nitrogens with one attached hydrogen (secondary N) is 1. The van der Waals surface area contributed by atoms with Crippen LogP contribution >= 0.6 is 0 Å². The maximum absolute atomic E-state index is 12.4. The second-order valence-electron chi connectivity index (χ2n) is 5.12. The molecule has 0 fully saturated rings. The highest BCUT2D eigenvalue weighted by molar-refractivity contribution is 7.90. The monoisotopic (exact) mass is 334 g/mol. The Morgan fingerprint density at radius 2 is 2.00 bits per heavy atom. The van der Waals surface area contributed by atoms with Gasteiger partial charge in [-0.1, -0.05) is 12.1 Å². The van der Waals surface area contributed by atoms with Crippen LogP contribution in [-0.2, 0) is 14.8 Å². The topological polar surface area (TPSA) is 96.7 Å². The van der Waals surface area contributed by atoms with Gasteiger partial charge in [-0.3, -0.25) is 9.59 Å². The van der Waals surface area contributed by atoms with E-state index in [1.165, 1.54) is 24.5 Å². The second kappa shape index (κ2) is 5.54. The summed E-state index contributed by atoms with van der Waals surface area (Å²) in [6.07, 6.45) is 1.48. The molecule has 120 valence electrons. The van der Waals surface area contributed by atoms with E-state index >= 15 is 0 Å². The number of carbonyl (C=O) groups excluding carboxylic acids is 2. The van der Waals surface area contributed by atoms with E-state index in [0.717, 1.165) is 0 Å². The molecule has 0 radical (unpaired) electrons. The predicted octanol–water partition coefficient (Wildman–Crippen LogP) is 1.30. The Hall–Kier alpha value is -2.61. The highest BCUT2D eigenvalue weighted by Gasteiger charge is 2.41. The largest absolute Gasteiger partial charge is 0.467 e. The van der Waals surface area contributed by atoms with Gasteiger partial charge in [-0.25, -0.2) is 12.7 Å². The van der Waals surface area contributed by atoms with Gasteiger partial charge in [0.1, 0.15) is 17.2 Å². The van der Waals surface area contributed by atoms with E-state index in [-0.39, 0.29) is 10.5 Å². The zero-order chi connectivity index (χ0) is 16.6. The molecule has 8 heteroatoms. The molecule has 1 aromatic heterocycles. The molecule has 1 N–H and O–H groups in total. The number of furan rings is 1. The van der Waals surface area contributed by atoms with Crippen molar-refractivity contribution in [3.63, 3.8) is 0 Å². The highest BCUT2D eigenvalue weighted by atomic mass is 32.2. The standard InChI is InChI=1S/C15H14N2O5S/c1-10(12-6-4-8-22-12)16-14(18)9-17-15(19)11-5-2-3-7-13(11)23(17,20)21/h2-8,10H,9H2,1H3,(H,16,18)/t10-/m0/s1. The maximum Gasteiger partial charge on any atom is 0.269 e. The zero-order valence-corrected chi connectivity index (χ0v) is 13.0. The van der Waals surface area contributed by atoms with Crippen molar-refractivity contribution >= 4 is 21.8 Å². The molecule has 1 aliphatic heterocycles. The number of sulfonamides is 1. The minimum Gasteiger partial charge on any atom is -0.467 e. The molecule has 23 heavy (non-hydrogen) atoms. The summed E-state index contributed by atoms with van der Waals surface area (Å²) in [7, 11) is -3.98. The molecule has 2 heterocycles. The Morgan fingerprint density at radius 1 is 1.26 bits per heavy atom. The Balaban J connectivity index is 1.76. The molecular formula is C15H14N2O5S. The Morgan fingerprint density at radius 3 is 2.65 bits per heavy atom. The van der Waals surface area contributed by atoms with E-state index in [2.05, 4.69) is 5.32 Å². The first kappa shape index (κ1) is 15.3. The third-order valence-corrected chi connectivity index (χ3v) is 5.33. The van der Waals surface area contributed by atoms with Gasteiger partial charge in [-0.05, 0) is 31.2 Å². The van der Waals surface area contributed by atoms with Crippen molar-refractivity contribution in [2.75, 3.05) is 6.54 Å². The van der Waals surface area contributed by atoms with Gasteiger partial charge in [0, 0.05) is 0 Å². The Labute approximate surface area is 132 Å². The predicted molar refractivity (Wildman–Crippen MR) is 79.9 cm³/mol. The van der Waals surface area contributed by atoms with Crippen LogP contribution in [0.5, 0.6) is 0 Å². The van der Waals surface area contributed by atoms with E-state index < -0.39 is 34.4 Å². The summed E-state index contributed by atoms with van der Waals surface area (Å²) in [4.78, 5) is 24.2. The summed E-state index contributed by atoms with van der Waals surface area (Å²) in [6, 6.07) is 8.84. The summed E-state index contributed by atoms with van der Waals surface area (Å²) in [5, 5.41) is 2.60. The molecule has 0 saturated carbocycles. The number of amides is 2. The summed E-state index contributed by atoms with van der Waals surface area (Å²) < 4.78 is 30.5. The number of fused-ring (bicyclic) bond motifs is 1. The molecule has 2 amide bonds. The summed E-state index contributed by atoms with van der Waals surface area (Å²) >= 11 is 0. The first-order valence-electron chi connectivity index (χ1n) is 6.90. The maximum atomic E-state index is 12.4. The molecule has 7 nitrogen and oxygen atoms in total. The fraction of sp³-hybridized carbons (Fsp3) is 0.200. The van der Waals surface area contributed by atoms with Crippen molar-refractivity contribution in [3.05, 3.63) is 54.0 Å². The van der Waals surface area contributed by atoms with E-state index in [0.29, 0.717) is 10.1 Å². The lowest BCUT2D eigenvalue weighted by atomic mass is 10.2. The third kappa shape index (κ3) is 2.61. The molecule has 1 atom stereocenters. The lowest BCUT2D eigenvalue weighted by Gasteiger charge is -2.17. The van der Waals surface area contributed by atoms with Crippen molar-refractivity contribution in [1.82, 2.24) is 9.62 Å². The number of hydrogen-bond acceptors (Lipinski definition) is 5. The SMILES string of the molecule is C[C@H](NC(=O)CN1C(=O)c2ccccc2S1(=O)=O)c1ccco1.